The van der Waals surface area contributed by atoms with Gasteiger partial charge in [0.1, 0.15) is 6.61 Å². The first-order chi connectivity index (χ1) is 16.4. The van der Waals surface area contributed by atoms with Crippen molar-refractivity contribution in [2.24, 2.45) is 0 Å². The zero-order valence-corrected chi connectivity index (χ0v) is 20.1. The average molecular weight is 492 g/mol. The number of ether oxygens (including phenoxy) is 2. The lowest BCUT2D eigenvalue weighted by atomic mass is 10.1. The Labute approximate surface area is 206 Å². The van der Waals surface area contributed by atoms with E-state index in [1.165, 1.54) is 22.6 Å². The molecule has 0 aliphatic carbocycles. The first kappa shape index (κ1) is 23.5. The molecule has 1 amide bonds. The predicted molar refractivity (Wildman–Crippen MR) is 138 cm³/mol. The fourth-order valence-corrected chi connectivity index (χ4v) is 4.66. The van der Waals surface area contributed by atoms with E-state index < -0.39 is 5.97 Å². The van der Waals surface area contributed by atoms with Gasteiger partial charge in [-0.25, -0.2) is 4.79 Å². The van der Waals surface area contributed by atoms with Gasteiger partial charge in [-0.3, -0.25) is 9.69 Å². The summed E-state index contributed by atoms with van der Waals surface area (Å²) in [6.45, 7) is 2.44. The van der Waals surface area contributed by atoms with Crippen LogP contribution in [-0.4, -0.2) is 28.4 Å². The van der Waals surface area contributed by atoms with Crippen molar-refractivity contribution < 1.29 is 24.2 Å². The Morgan fingerprint density at radius 2 is 1.85 bits per heavy atom. The van der Waals surface area contributed by atoms with Gasteiger partial charge in [0, 0.05) is 0 Å². The first-order valence-electron chi connectivity index (χ1n) is 10.3. The number of anilines is 1. The third kappa shape index (κ3) is 5.13. The highest BCUT2D eigenvalue weighted by Crippen LogP contribution is 2.37. The van der Waals surface area contributed by atoms with Crippen LogP contribution in [0.2, 0.25) is 0 Å². The summed E-state index contributed by atoms with van der Waals surface area (Å²) in [6.07, 6.45) is 1.73. The van der Waals surface area contributed by atoms with Gasteiger partial charge in [0.25, 0.3) is 5.91 Å². The van der Waals surface area contributed by atoms with Crippen LogP contribution in [0, 0.1) is 6.92 Å². The number of aromatic carboxylic acids is 1. The van der Waals surface area contributed by atoms with Gasteiger partial charge in [-0.1, -0.05) is 65.9 Å². The number of hydrogen-bond donors (Lipinski definition) is 1. The molecule has 1 aliphatic heterocycles. The number of methoxy groups -OCH3 is 1. The maximum absolute atomic E-state index is 13.1. The SMILES string of the molecule is COc1cc(/C=C2/SC(=S)N(c3cccc(C(=O)O)c3)C2=O)ccc1OCc1ccc(C)cc1. The van der Waals surface area contributed by atoms with E-state index in [1.807, 2.05) is 37.3 Å². The van der Waals surface area contributed by atoms with E-state index >= 15 is 0 Å². The number of aryl methyl sites for hydroxylation is 1. The average Bonchev–Trinajstić information content (AvgIpc) is 3.11. The summed E-state index contributed by atoms with van der Waals surface area (Å²) in [5.41, 5.74) is 3.49. The van der Waals surface area contributed by atoms with E-state index in [2.05, 4.69) is 0 Å². The van der Waals surface area contributed by atoms with Gasteiger partial charge in [0.15, 0.2) is 15.8 Å². The van der Waals surface area contributed by atoms with Crippen molar-refractivity contribution in [2.45, 2.75) is 13.5 Å². The zero-order valence-electron chi connectivity index (χ0n) is 18.5. The number of carboxylic acid groups (broad SMARTS) is 1. The molecular formula is C26H21NO5S2. The highest BCUT2D eigenvalue weighted by molar-refractivity contribution is 8.27. The van der Waals surface area contributed by atoms with Crippen molar-refractivity contribution in [2.75, 3.05) is 12.0 Å². The number of benzene rings is 3. The summed E-state index contributed by atoms with van der Waals surface area (Å²) >= 11 is 6.56. The third-order valence-electron chi connectivity index (χ3n) is 5.15. The van der Waals surface area contributed by atoms with E-state index in [4.69, 9.17) is 21.7 Å². The second kappa shape index (κ2) is 10.1. The largest absolute Gasteiger partial charge is 0.493 e. The van der Waals surface area contributed by atoms with Gasteiger partial charge >= 0.3 is 5.97 Å². The Kier molecular flexibility index (Phi) is 7.00. The summed E-state index contributed by atoms with van der Waals surface area (Å²) in [4.78, 5) is 26.1. The molecule has 172 valence electrons. The fraction of sp³-hybridized carbons (Fsp3) is 0.115. The number of carboxylic acids is 1. The van der Waals surface area contributed by atoms with Crippen LogP contribution in [0.5, 0.6) is 11.5 Å². The van der Waals surface area contributed by atoms with E-state index in [0.717, 1.165) is 22.9 Å². The molecule has 6 nitrogen and oxygen atoms in total. The molecule has 1 fully saturated rings. The first-order valence-corrected chi connectivity index (χ1v) is 11.6. The Morgan fingerprint density at radius 3 is 2.56 bits per heavy atom. The van der Waals surface area contributed by atoms with Crippen LogP contribution < -0.4 is 14.4 Å². The number of rotatable bonds is 7. The molecule has 0 unspecified atom stereocenters. The topological polar surface area (TPSA) is 76.1 Å². The monoisotopic (exact) mass is 491 g/mol. The Bertz CT molecular complexity index is 1300. The van der Waals surface area contributed by atoms with Crippen LogP contribution in [0.25, 0.3) is 6.08 Å². The van der Waals surface area contributed by atoms with Crippen LogP contribution in [-0.2, 0) is 11.4 Å². The van der Waals surface area contributed by atoms with Gasteiger partial charge in [-0.15, -0.1) is 0 Å². The summed E-state index contributed by atoms with van der Waals surface area (Å²) in [5, 5.41) is 9.24. The van der Waals surface area contributed by atoms with Crippen LogP contribution >= 0.6 is 24.0 Å². The van der Waals surface area contributed by atoms with Gasteiger partial charge in [-0.2, -0.15) is 0 Å². The lowest BCUT2D eigenvalue weighted by molar-refractivity contribution is -0.113. The lowest BCUT2D eigenvalue weighted by Crippen LogP contribution is -2.27. The van der Waals surface area contributed by atoms with E-state index in [0.29, 0.717) is 33.0 Å². The molecule has 1 aliphatic rings. The summed E-state index contributed by atoms with van der Waals surface area (Å²) in [7, 11) is 1.56. The van der Waals surface area contributed by atoms with Crippen molar-refractivity contribution >= 4 is 51.9 Å². The molecule has 1 heterocycles. The molecule has 0 radical (unpaired) electrons. The van der Waals surface area contributed by atoms with Gasteiger partial charge in [0.05, 0.1) is 23.3 Å². The maximum atomic E-state index is 13.1. The maximum Gasteiger partial charge on any atom is 0.335 e. The number of thioether (sulfide) groups is 1. The lowest BCUT2D eigenvalue weighted by Gasteiger charge is -2.15. The minimum Gasteiger partial charge on any atom is -0.493 e. The molecule has 1 N–H and O–H groups in total. The fourth-order valence-electron chi connectivity index (χ4n) is 3.36. The number of nitrogens with zero attached hydrogens (tertiary/aromatic N) is 1. The third-order valence-corrected chi connectivity index (χ3v) is 6.45. The molecule has 4 rings (SSSR count). The summed E-state index contributed by atoms with van der Waals surface area (Å²) in [5.74, 6) is -0.237. The molecule has 0 spiro atoms. The normalized spacial score (nSPS) is 14.5. The number of hydrogen-bond acceptors (Lipinski definition) is 6. The smallest absolute Gasteiger partial charge is 0.335 e. The van der Waals surface area contributed by atoms with E-state index in [9.17, 15) is 14.7 Å². The van der Waals surface area contributed by atoms with Crippen LogP contribution in [0.1, 0.15) is 27.0 Å². The minimum atomic E-state index is -1.07. The summed E-state index contributed by atoms with van der Waals surface area (Å²) in [6, 6.07) is 19.7. The molecule has 0 atom stereocenters. The molecular weight excluding hydrogens is 470 g/mol. The Hall–Kier alpha value is -3.62. The van der Waals surface area contributed by atoms with Gasteiger partial charge in [-0.05, 0) is 54.5 Å². The van der Waals surface area contributed by atoms with Gasteiger partial charge < -0.3 is 14.6 Å². The minimum absolute atomic E-state index is 0.0847. The predicted octanol–water partition coefficient (Wildman–Crippen LogP) is 5.69. The van der Waals surface area contributed by atoms with Crippen LogP contribution in [0.3, 0.4) is 0 Å². The standard InChI is InChI=1S/C26H21NO5S2/c1-16-6-8-17(9-7-16)15-32-21-11-10-18(12-22(21)31-2)13-23-24(28)27(26(33)34-23)20-5-3-4-19(14-20)25(29)30/h3-14H,15H2,1-2H3,(H,29,30)/b23-13+. The molecule has 0 bridgehead atoms. The Balaban J connectivity index is 1.53. The van der Waals surface area contributed by atoms with E-state index in [-0.39, 0.29) is 11.5 Å². The highest BCUT2D eigenvalue weighted by atomic mass is 32.2. The molecule has 3 aromatic carbocycles. The number of carbonyl (C=O) groups is 2. The summed E-state index contributed by atoms with van der Waals surface area (Å²) < 4.78 is 11.8. The second-order valence-corrected chi connectivity index (χ2v) is 9.23. The molecule has 34 heavy (non-hydrogen) atoms. The number of amides is 1. The zero-order chi connectivity index (χ0) is 24.2. The van der Waals surface area contributed by atoms with Crippen molar-refractivity contribution in [1.82, 2.24) is 0 Å². The second-order valence-electron chi connectivity index (χ2n) is 7.56. The molecule has 1 saturated heterocycles. The Morgan fingerprint density at radius 1 is 1.09 bits per heavy atom. The highest BCUT2D eigenvalue weighted by Gasteiger charge is 2.33. The van der Waals surface area contributed by atoms with Crippen LogP contribution in [0.15, 0.2) is 71.6 Å². The van der Waals surface area contributed by atoms with Crippen molar-refractivity contribution in [3.63, 3.8) is 0 Å². The van der Waals surface area contributed by atoms with E-state index in [1.54, 1.807) is 37.5 Å². The number of thiocarbonyl (C=S) groups is 1. The van der Waals surface area contributed by atoms with Crippen molar-refractivity contribution in [3.8, 4) is 11.5 Å². The number of carbonyl (C=O) groups excluding carboxylic acids is 1. The van der Waals surface area contributed by atoms with Crippen LogP contribution in [0.4, 0.5) is 5.69 Å². The molecule has 0 saturated carbocycles. The van der Waals surface area contributed by atoms with Crippen molar-refractivity contribution in [3.05, 3.63) is 93.9 Å². The van der Waals surface area contributed by atoms with Gasteiger partial charge in [0.2, 0.25) is 0 Å². The van der Waals surface area contributed by atoms with Crippen molar-refractivity contribution in [1.29, 1.82) is 0 Å². The molecule has 8 heteroatoms. The molecule has 0 aromatic heterocycles. The molecule has 3 aromatic rings. The quantitative estimate of drug-likeness (QED) is 0.336.